The number of nitrogens with zero attached hydrogens (tertiary/aromatic N) is 4. The molecule has 5 nitrogen and oxygen atoms in total. The number of rotatable bonds is 3. The second kappa shape index (κ2) is 3.53. The highest BCUT2D eigenvalue weighted by atomic mass is 32.1. The molecule has 0 bridgehead atoms. The molecule has 0 atom stereocenters. The van der Waals surface area contributed by atoms with Gasteiger partial charge in [-0.1, -0.05) is 11.3 Å². The van der Waals surface area contributed by atoms with E-state index in [-0.39, 0.29) is 0 Å². The van der Waals surface area contributed by atoms with Gasteiger partial charge in [0.05, 0.1) is 6.54 Å². The average molecular weight is 195 g/mol. The van der Waals surface area contributed by atoms with E-state index in [0.717, 1.165) is 10.1 Å². The zero-order valence-electron chi connectivity index (χ0n) is 7.14. The fourth-order valence-corrected chi connectivity index (χ4v) is 1.64. The zero-order valence-corrected chi connectivity index (χ0v) is 7.95. The fourth-order valence-electron chi connectivity index (χ4n) is 0.951. The molecular weight excluding hydrogens is 186 g/mol. The van der Waals surface area contributed by atoms with Crippen LogP contribution in [0.3, 0.4) is 0 Å². The minimum absolute atomic E-state index is 0.687. The highest BCUT2D eigenvalue weighted by molar-refractivity contribution is 7.15. The van der Waals surface area contributed by atoms with E-state index in [1.807, 2.05) is 24.0 Å². The van der Waals surface area contributed by atoms with Crippen molar-refractivity contribution in [2.75, 3.05) is 12.4 Å². The lowest BCUT2D eigenvalue weighted by Gasteiger charge is -1.93. The first-order chi connectivity index (χ1) is 6.38. The average Bonchev–Trinajstić information content (AvgIpc) is 2.76. The molecule has 68 valence electrons. The van der Waals surface area contributed by atoms with Gasteiger partial charge in [0.25, 0.3) is 0 Å². The van der Waals surface area contributed by atoms with E-state index in [4.69, 9.17) is 0 Å². The summed E-state index contributed by atoms with van der Waals surface area (Å²) in [6.45, 7) is 0.687. The first-order valence-electron chi connectivity index (χ1n) is 3.86. The molecule has 0 aliphatic rings. The van der Waals surface area contributed by atoms with Crippen molar-refractivity contribution in [1.29, 1.82) is 0 Å². The van der Waals surface area contributed by atoms with Crippen LogP contribution in [0, 0.1) is 0 Å². The van der Waals surface area contributed by atoms with Gasteiger partial charge in [-0.05, 0) is 6.07 Å². The van der Waals surface area contributed by atoms with Crippen molar-refractivity contribution in [3.05, 3.63) is 23.5 Å². The Balaban J connectivity index is 2.10. The normalized spacial score (nSPS) is 10.2. The van der Waals surface area contributed by atoms with Crippen molar-refractivity contribution in [2.45, 2.75) is 6.54 Å². The summed E-state index contributed by atoms with van der Waals surface area (Å²) in [5.41, 5.74) is 0. The predicted molar refractivity (Wildman–Crippen MR) is 50.8 cm³/mol. The van der Waals surface area contributed by atoms with Crippen LogP contribution in [0.5, 0.6) is 0 Å². The van der Waals surface area contributed by atoms with E-state index >= 15 is 0 Å². The molecule has 2 aromatic heterocycles. The van der Waals surface area contributed by atoms with Gasteiger partial charge in [-0.3, -0.25) is 4.68 Å². The van der Waals surface area contributed by atoms with Gasteiger partial charge in [0.15, 0.2) is 0 Å². The molecule has 13 heavy (non-hydrogen) atoms. The van der Waals surface area contributed by atoms with E-state index in [0.29, 0.717) is 6.54 Å². The van der Waals surface area contributed by atoms with Gasteiger partial charge in [0.2, 0.25) is 5.13 Å². The number of anilines is 1. The fraction of sp³-hybridized carbons (Fsp3) is 0.286. The van der Waals surface area contributed by atoms with Gasteiger partial charge in [0.1, 0.15) is 5.01 Å². The molecule has 0 unspecified atom stereocenters. The minimum atomic E-state index is 0.687. The number of aromatic nitrogens is 4. The summed E-state index contributed by atoms with van der Waals surface area (Å²) >= 11 is 1.54. The molecule has 0 aliphatic heterocycles. The Labute approximate surface area is 79.4 Å². The third-order valence-corrected chi connectivity index (χ3v) is 2.46. The van der Waals surface area contributed by atoms with Crippen molar-refractivity contribution in [3.8, 4) is 0 Å². The van der Waals surface area contributed by atoms with Crippen LogP contribution in [0.15, 0.2) is 18.5 Å². The molecule has 0 fully saturated rings. The Bertz CT molecular complexity index is 366. The molecule has 2 aromatic rings. The Morgan fingerprint density at radius 2 is 2.46 bits per heavy atom. The summed E-state index contributed by atoms with van der Waals surface area (Å²) in [5, 5.41) is 16.7. The molecule has 2 rings (SSSR count). The molecule has 0 saturated heterocycles. The first-order valence-corrected chi connectivity index (χ1v) is 4.67. The molecule has 0 radical (unpaired) electrons. The van der Waals surface area contributed by atoms with Crippen LogP contribution in [0.4, 0.5) is 5.13 Å². The molecule has 0 amide bonds. The van der Waals surface area contributed by atoms with E-state index < -0.39 is 0 Å². The Kier molecular flexibility index (Phi) is 2.22. The van der Waals surface area contributed by atoms with Crippen LogP contribution in [0.25, 0.3) is 0 Å². The van der Waals surface area contributed by atoms with Crippen molar-refractivity contribution in [1.82, 2.24) is 20.0 Å². The van der Waals surface area contributed by atoms with Crippen molar-refractivity contribution in [3.63, 3.8) is 0 Å². The van der Waals surface area contributed by atoms with Gasteiger partial charge in [-0.15, -0.1) is 10.2 Å². The molecule has 0 aliphatic carbocycles. The van der Waals surface area contributed by atoms with Crippen LogP contribution >= 0.6 is 11.3 Å². The Hall–Kier alpha value is -1.43. The zero-order chi connectivity index (χ0) is 9.10. The molecule has 2 heterocycles. The summed E-state index contributed by atoms with van der Waals surface area (Å²) in [5.74, 6) is 0. The van der Waals surface area contributed by atoms with Gasteiger partial charge < -0.3 is 5.32 Å². The van der Waals surface area contributed by atoms with Crippen molar-refractivity contribution in [2.24, 2.45) is 0 Å². The first kappa shape index (κ1) is 8.18. The summed E-state index contributed by atoms with van der Waals surface area (Å²) in [6, 6.07) is 1.89. The van der Waals surface area contributed by atoms with Crippen LogP contribution in [0.2, 0.25) is 0 Å². The Morgan fingerprint density at radius 1 is 1.54 bits per heavy atom. The van der Waals surface area contributed by atoms with Gasteiger partial charge >= 0.3 is 0 Å². The van der Waals surface area contributed by atoms with E-state index in [1.54, 1.807) is 6.20 Å². The van der Waals surface area contributed by atoms with E-state index in [1.165, 1.54) is 11.3 Å². The standard InChI is InChI=1S/C7H9N5S/c1-8-7-11-10-6(13-7)5-12-4-2-3-9-12/h2-4H,5H2,1H3,(H,8,11). The third kappa shape index (κ3) is 1.83. The number of hydrogen-bond acceptors (Lipinski definition) is 5. The maximum Gasteiger partial charge on any atom is 0.205 e. The molecule has 0 aromatic carbocycles. The molecule has 0 spiro atoms. The number of hydrogen-bond donors (Lipinski definition) is 1. The third-order valence-electron chi connectivity index (χ3n) is 1.54. The lowest BCUT2D eigenvalue weighted by Crippen LogP contribution is -1.98. The lowest BCUT2D eigenvalue weighted by molar-refractivity contribution is 0.677. The SMILES string of the molecule is CNc1nnc(Cn2cccn2)s1. The lowest BCUT2D eigenvalue weighted by atomic mass is 10.7. The molecule has 1 N–H and O–H groups in total. The highest BCUT2D eigenvalue weighted by Crippen LogP contribution is 2.14. The summed E-state index contributed by atoms with van der Waals surface area (Å²) in [7, 11) is 1.83. The van der Waals surface area contributed by atoms with Crippen LogP contribution in [0.1, 0.15) is 5.01 Å². The van der Waals surface area contributed by atoms with Crippen molar-refractivity contribution < 1.29 is 0 Å². The minimum Gasteiger partial charge on any atom is -0.363 e. The van der Waals surface area contributed by atoms with Gasteiger partial charge in [-0.2, -0.15) is 5.10 Å². The largest absolute Gasteiger partial charge is 0.363 e. The van der Waals surface area contributed by atoms with Crippen LogP contribution in [-0.4, -0.2) is 27.0 Å². The van der Waals surface area contributed by atoms with Crippen LogP contribution in [-0.2, 0) is 6.54 Å². The summed E-state index contributed by atoms with van der Waals surface area (Å²) in [6.07, 6.45) is 3.65. The number of nitrogens with one attached hydrogen (secondary N) is 1. The van der Waals surface area contributed by atoms with E-state index in [9.17, 15) is 0 Å². The smallest absolute Gasteiger partial charge is 0.205 e. The summed E-state index contributed by atoms with van der Waals surface area (Å²) in [4.78, 5) is 0. The molecular formula is C7H9N5S. The van der Waals surface area contributed by atoms with E-state index in [2.05, 4.69) is 20.6 Å². The highest BCUT2D eigenvalue weighted by Gasteiger charge is 2.02. The monoisotopic (exact) mass is 195 g/mol. The predicted octanol–water partition coefficient (Wildman–Crippen LogP) is 0.825. The molecule has 6 heteroatoms. The quantitative estimate of drug-likeness (QED) is 0.788. The van der Waals surface area contributed by atoms with Crippen molar-refractivity contribution >= 4 is 16.5 Å². The van der Waals surface area contributed by atoms with Gasteiger partial charge in [0, 0.05) is 19.4 Å². The summed E-state index contributed by atoms with van der Waals surface area (Å²) < 4.78 is 1.82. The Morgan fingerprint density at radius 3 is 3.08 bits per heavy atom. The second-order valence-electron chi connectivity index (χ2n) is 2.45. The molecule has 0 saturated carbocycles. The second-order valence-corrected chi connectivity index (χ2v) is 3.52. The maximum atomic E-state index is 4.08. The van der Waals surface area contributed by atoms with Gasteiger partial charge in [-0.25, -0.2) is 0 Å². The van der Waals surface area contributed by atoms with Crippen LogP contribution < -0.4 is 5.32 Å². The topological polar surface area (TPSA) is 55.6 Å². The maximum absolute atomic E-state index is 4.08.